The first-order chi connectivity index (χ1) is 8.17. The summed E-state index contributed by atoms with van der Waals surface area (Å²) in [6.45, 7) is 7.85. The van der Waals surface area contributed by atoms with Gasteiger partial charge in [0, 0.05) is 13.1 Å². The van der Waals surface area contributed by atoms with Gasteiger partial charge in [0.25, 0.3) is 0 Å². The normalized spacial score (nSPS) is 19.6. The molecule has 1 fully saturated rings. The minimum absolute atomic E-state index is 0.242. The molecule has 94 valence electrons. The average Bonchev–Trinajstić information content (AvgIpc) is 2.76. The Kier molecular flexibility index (Phi) is 3.67. The van der Waals surface area contributed by atoms with Crippen molar-refractivity contribution in [3.63, 3.8) is 0 Å². The second kappa shape index (κ2) is 5.05. The van der Waals surface area contributed by atoms with E-state index in [1.54, 1.807) is 6.07 Å². The fraction of sp³-hybridized carbons (Fsp3) is 0.643. The van der Waals surface area contributed by atoms with E-state index < -0.39 is 0 Å². The van der Waals surface area contributed by atoms with Crippen molar-refractivity contribution in [1.82, 2.24) is 9.88 Å². The van der Waals surface area contributed by atoms with Crippen molar-refractivity contribution >= 4 is 0 Å². The Morgan fingerprint density at radius 2 is 2.12 bits per heavy atom. The van der Waals surface area contributed by atoms with Gasteiger partial charge in [-0.05, 0) is 43.4 Å². The number of likely N-dealkylation sites (tertiary alicyclic amines) is 1. The van der Waals surface area contributed by atoms with Crippen LogP contribution in [0.25, 0.3) is 0 Å². The molecule has 1 N–H and O–H groups in total. The minimum atomic E-state index is 0.242. The van der Waals surface area contributed by atoms with E-state index in [1.807, 2.05) is 6.07 Å². The maximum atomic E-state index is 9.20. The van der Waals surface area contributed by atoms with Crippen LogP contribution in [0.4, 0.5) is 0 Å². The molecule has 1 aromatic rings. The van der Waals surface area contributed by atoms with E-state index in [4.69, 9.17) is 0 Å². The number of aromatic hydroxyl groups is 1. The maximum absolute atomic E-state index is 9.20. The van der Waals surface area contributed by atoms with Crippen LogP contribution in [0, 0.1) is 5.41 Å². The van der Waals surface area contributed by atoms with Gasteiger partial charge in [-0.15, -0.1) is 0 Å². The van der Waals surface area contributed by atoms with Crippen molar-refractivity contribution in [3.8, 4) is 5.75 Å². The molecule has 1 saturated heterocycles. The Balaban J connectivity index is 1.95. The lowest BCUT2D eigenvalue weighted by Crippen LogP contribution is -2.26. The Labute approximate surface area is 103 Å². The number of nitrogens with zero attached hydrogens (tertiary/aromatic N) is 2. The fourth-order valence-corrected chi connectivity index (χ4v) is 2.73. The molecule has 0 amide bonds. The number of aromatic nitrogens is 1. The van der Waals surface area contributed by atoms with Gasteiger partial charge in [0.2, 0.25) is 0 Å². The van der Waals surface area contributed by atoms with Crippen LogP contribution in [0.1, 0.15) is 38.8 Å². The number of pyridine rings is 1. The van der Waals surface area contributed by atoms with E-state index in [0.29, 0.717) is 5.41 Å². The summed E-state index contributed by atoms with van der Waals surface area (Å²) in [6.07, 6.45) is 5.36. The number of hydrogen-bond acceptors (Lipinski definition) is 3. The lowest BCUT2D eigenvalue weighted by Gasteiger charge is -2.26. The zero-order valence-corrected chi connectivity index (χ0v) is 10.8. The van der Waals surface area contributed by atoms with Crippen molar-refractivity contribution in [1.29, 1.82) is 0 Å². The quantitative estimate of drug-likeness (QED) is 0.870. The third kappa shape index (κ3) is 2.78. The Bertz CT molecular complexity index is 357. The largest absolute Gasteiger partial charge is 0.506 e. The zero-order valence-electron chi connectivity index (χ0n) is 10.8. The van der Waals surface area contributed by atoms with Crippen molar-refractivity contribution in [2.24, 2.45) is 5.41 Å². The van der Waals surface area contributed by atoms with Crippen LogP contribution < -0.4 is 0 Å². The lowest BCUT2D eigenvalue weighted by atomic mass is 9.82. The van der Waals surface area contributed by atoms with Gasteiger partial charge in [0.15, 0.2) is 0 Å². The first-order valence-electron chi connectivity index (χ1n) is 6.54. The van der Waals surface area contributed by atoms with E-state index in [-0.39, 0.29) is 5.75 Å². The SMILES string of the molecule is CCC1(CC)CCN(Cc2ccc(O)cn2)C1. The Morgan fingerprint density at radius 3 is 2.65 bits per heavy atom. The standard InChI is InChI=1S/C14H22N2O/c1-3-14(4-2)7-8-16(11-14)10-12-5-6-13(17)9-15-12/h5-6,9,17H,3-4,7-8,10-11H2,1-2H3. The highest BCUT2D eigenvalue weighted by molar-refractivity contribution is 5.18. The van der Waals surface area contributed by atoms with Crippen molar-refractivity contribution < 1.29 is 5.11 Å². The van der Waals surface area contributed by atoms with Crippen LogP contribution >= 0.6 is 0 Å². The van der Waals surface area contributed by atoms with Gasteiger partial charge in [-0.3, -0.25) is 9.88 Å². The predicted octanol–water partition coefficient (Wildman–Crippen LogP) is 2.80. The summed E-state index contributed by atoms with van der Waals surface area (Å²) in [4.78, 5) is 6.73. The summed E-state index contributed by atoms with van der Waals surface area (Å²) in [7, 11) is 0. The van der Waals surface area contributed by atoms with E-state index in [0.717, 1.165) is 12.2 Å². The molecule has 3 nitrogen and oxygen atoms in total. The molecule has 2 rings (SSSR count). The van der Waals surface area contributed by atoms with Crippen LogP contribution in [0.15, 0.2) is 18.3 Å². The molecule has 3 heteroatoms. The molecule has 1 aliphatic heterocycles. The van der Waals surface area contributed by atoms with Crippen LogP contribution in [0.2, 0.25) is 0 Å². The van der Waals surface area contributed by atoms with Gasteiger partial charge in [-0.25, -0.2) is 0 Å². The molecule has 0 saturated carbocycles. The van der Waals surface area contributed by atoms with Crippen molar-refractivity contribution in [2.75, 3.05) is 13.1 Å². The summed E-state index contributed by atoms with van der Waals surface area (Å²) in [5.41, 5.74) is 1.57. The minimum Gasteiger partial charge on any atom is -0.506 e. The van der Waals surface area contributed by atoms with E-state index in [9.17, 15) is 5.11 Å². The maximum Gasteiger partial charge on any atom is 0.133 e. The highest BCUT2D eigenvalue weighted by atomic mass is 16.3. The molecular weight excluding hydrogens is 212 g/mol. The summed E-state index contributed by atoms with van der Waals surface area (Å²) in [5.74, 6) is 0.242. The molecule has 1 aliphatic rings. The third-order valence-electron chi connectivity index (χ3n) is 4.21. The number of rotatable bonds is 4. The third-order valence-corrected chi connectivity index (χ3v) is 4.21. The number of hydrogen-bond donors (Lipinski definition) is 1. The molecule has 2 heterocycles. The molecule has 17 heavy (non-hydrogen) atoms. The molecule has 0 bridgehead atoms. The second-order valence-corrected chi connectivity index (χ2v) is 5.18. The lowest BCUT2D eigenvalue weighted by molar-refractivity contribution is 0.235. The summed E-state index contributed by atoms with van der Waals surface area (Å²) < 4.78 is 0. The summed E-state index contributed by atoms with van der Waals surface area (Å²) in [6, 6.07) is 3.62. The molecular formula is C14H22N2O. The molecule has 0 unspecified atom stereocenters. The van der Waals surface area contributed by atoms with Gasteiger partial charge >= 0.3 is 0 Å². The van der Waals surface area contributed by atoms with E-state index >= 15 is 0 Å². The summed E-state index contributed by atoms with van der Waals surface area (Å²) in [5, 5.41) is 9.20. The van der Waals surface area contributed by atoms with Gasteiger partial charge in [0.1, 0.15) is 5.75 Å². The van der Waals surface area contributed by atoms with Gasteiger partial charge in [-0.2, -0.15) is 0 Å². The van der Waals surface area contributed by atoms with Crippen LogP contribution in [0.3, 0.4) is 0 Å². The van der Waals surface area contributed by atoms with Crippen molar-refractivity contribution in [2.45, 2.75) is 39.7 Å². The Morgan fingerprint density at radius 1 is 1.35 bits per heavy atom. The fourth-order valence-electron chi connectivity index (χ4n) is 2.73. The van der Waals surface area contributed by atoms with Crippen LogP contribution in [0.5, 0.6) is 5.75 Å². The van der Waals surface area contributed by atoms with E-state index in [1.165, 1.54) is 38.5 Å². The zero-order chi connectivity index (χ0) is 12.3. The van der Waals surface area contributed by atoms with Gasteiger partial charge in [-0.1, -0.05) is 13.8 Å². The monoisotopic (exact) mass is 234 g/mol. The average molecular weight is 234 g/mol. The predicted molar refractivity (Wildman–Crippen MR) is 68.8 cm³/mol. The molecule has 1 aromatic heterocycles. The highest BCUT2D eigenvalue weighted by Crippen LogP contribution is 2.37. The molecule has 0 aliphatic carbocycles. The highest BCUT2D eigenvalue weighted by Gasteiger charge is 2.34. The topological polar surface area (TPSA) is 36.4 Å². The van der Waals surface area contributed by atoms with Crippen molar-refractivity contribution in [3.05, 3.63) is 24.0 Å². The first-order valence-corrected chi connectivity index (χ1v) is 6.54. The van der Waals surface area contributed by atoms with Gasteiger partial charge < -0.3 is 5.11 Å². The molecule has 0 aromatic carbocycles. The molecule has 0 atom stereocenters. The van der Waals surface area contributed by atoms with Crippen LogP contribution in [-0.2, 0) is 6.54 Å². The Hall–Kier alpha value is -1.09. The molecule has 0 radical (unpaired) electrons. The summed E-state index contributed by atoms with van der Waals surface area (Å²) >= 11 is 0. The molecule has 0 spiro atoms. The van der Waals surface area contributed by atoms with Crippen LogP contribution in [-0.4, -0.2) is 28.1 Å². The smallest absolute Gasteiger partial charge is 0.133 e. The second-order valence-electron chi connectivity index (χ2n) is 5.18. The first kappa shape index (κ1) is 12.4. The van der Waals surface area contributed by atoms with Gasteiger partial charge in [0.05, 0.1) is 11.9 Å². The van der Waals surface area contributed by atoms with E-state index in [2.05, 4.69) is 23.7 Å².